The summed E-state index contributed by atoms with van der Waals surface area (Å²) >= 11 is 1.31. The van der Waals surface area contributed by atoms with E-state index in [1.54, 1.807) is 18.2 Å². The number of para-hydroxylation sites is 2. The van der Waals surface area contributed by atoms with Gasteiger partial charge < -0.3 is 9.64 Å². The second-order valence-electron chi connectivity index (χ2n) is 7.22. The van der Waals surface area contributed by atoms with E-state index in [1.165, 1.54) is 11.3 Å². The van der Waals surface area contributed by atoms with Gasteiger partial charge in [-0.05, 0) is 37.1 Å². The number of ether oxygens (including phenoxy) is 1. The van der Waals surface area contributed by atoms with Gasteiger partial charge in [0.05, 0.1) is 12.2 Å². The van der Waals surface area contributed by atoms with Crippen molar-refractivity contribution < 1.29 is 14.3 Å². The van der Waals surface area contributed by atoms with Gasteiger partial charge in [0.2, 0.25) is 11.0 Å². The molecule has 2 heterocycles. The first kappa shape index (κ1) is 21.0. The summed E-state index contributed by atoms with van der Waals surface area (Å²) in [6, 6.07) is 15.1. The van der Waals surface area contributed by atoms with Crippen molar-refractivity contribution in [1.29, 1.82) is 0 Å². The highest BCUT2D eigenvalue weighted by Crippen LogP contribution is 2.35. The topological polar surface area (TPSA) is 84.4 Å². The van der Waals surface area contributed by atoms with Crippen molar-refractivity contribution in [2.24, 2.45) is 0 Å². The number of nitrogens with one attached hydrogen (secondary N) is 1. The SMILES string of the molecule is CCOc1ccccc1C(=O)Nc1nnc(C2CC(=O)N(c3ccccc3CC)C2)s1. The fraction of sp³-hybridized carbons (Fsp3) is 0.304. The molecule has 0 radical (unpaired) electrons. The summed E-state index contributed by atoms with van der Waals surface area (Å²) in [5.41, 5.74) is 2.55. The van der Waals surface area contributed by atoms with E-state index in [9.17, 15) is 9.59 Å². The van der Waals surface area contributed by atoms with Gasteiger partial charge in [0, 0.05) is 24.6 Å². The smallest absolute Gasteiger partial charge is 0.261 e. The molecule has 1 fully saturated rings. The molecule has 1 N–H and O–H groups in total. The van der Waals surface area contributed by atoms with Crippen molar-refractivity contribution in [3.05, 3.63) is 64.7 Å². The predicted octanol–water partition coefficient (Wildman–Crippen LogP) is 4.27. The van der Waals surface area contributed by atoms with Gasteiger partial charge >= 0.3 is 0 Å². The second kappa shape index (κ2) is 9.26. The minimum Gasteiger partial charge on any atom is -0.493 e. The number of hydrogen-bond donors (Lipinski definition) is 1. The zero-order chi connectivity index (χ0) is 21.8. The fourth-order valence-electron chi connectivity index (χ4n) is 3.73. The van der Waals surface area contributed by atoms with Gasteiger partial charge in [0.1, 0.15) is 10.8 Å². The Morgan fingerprint density at radius 2 is 1.94 bits per heavy atom. The first-order chi connectivity index (χ1) is 15.1. The summed E-state index contributed by atoms with van der Waals surface area (Å²) in [5, 5.41) is 12.3. The molecular weight excluding hydrogens is 412 g/mol. The number of carbonyl (C=O) groups excluding carboxylic acids is 2. The standard InChI is InChI=1S/C23H24N4O3S/c1-3-15-9-5-7-11-18(15)27-14-16(13-20(27)28)22-25-26-23(31-22)24-21(29)17-10-6-8-12-19(17)30-4-2/h5-12,16H,3-4,13-14H2,1-2H3,(H,24,26,29). The molecule has 31 heavy (non-hydrogen) atoms. The Bertz CT molecular complexity index is 1100. The summed E-state index contributed by atoms with van der Waals surface area (Å²) in [6.07, 6.45) is 1.25. The van der Waals surface area contributed by atoms with Crippen LogP contribution in [0.3, 0.4) is 0 Å². The quantitative estimate of drug-likeness (QED) is 0.598. The Morgan fingerprint density at radius 3 is 2.74 bits per heavy atom. The minimum absolute atomic E-state index is 0.0451. The first-order valence-electron chi connectivity index (χ1n) is 10.4. The van der Waals surface area contributed by atoms with Crippen LogP contribution in [0.25, 0.3) is 0 Å². The van der Waals surface area contributed by atoms with E-state index in [4.69, 9.17) is 4.74 Å². The molecule has 7 nitrogen and oxygen atoms in total. The molecule has 8 heteroatoms. The maximum Gasteiger partial charge on any atom is 0.261 e. The van der Waals surface area contributed by atoms with E-state index < -0.39 is 0 Å². The van der Waals surface area contributed by atoms with Crippen molar-refractivity contribution in [2.45, 2.75) is 32.6 Å². The van der Waals surface area contributed by atoms with Crippen LogP contribution in [-0.4, -0.2) is 35.2 Å². The molecule has 0 saturated carbocycles. The van der Waals surface area contributed by atoms with E-state index in [0.717, 1.165) is 22.7 Å². The molecule has 1 aromatic heterocycles. The third-order valence-corrected chi connectivity index (χ3v) is 6.23. The summed E-state index contributed by atoms with van der Waals surface area (Å²) in [7, 11) is 0. The first-order valence-corrected chi connectivity index (χ1v) is 11.2. The Morgan fingerprint density at radius 1 is 1.16 bits per heavy atom. The van der Waals surface area contributed by atoms with E-state index >= 15 is 0 Å². The second-order valence-corrected chi connectivity index (χ2v) is 8.23. The minimum atomic E-state index is -0.298. The third-order valence-electron chi connectivity index (χ3n) is 5.23. The molecule has 1 aliphatic rings. The molecule has 2 aromatic carbocycles. The highest BCUT2D eigenvalue weighted by atomic mass is 32.1. The maximum absolute atomic E-state index is 12.7. The van der Waals surface area contributed by atoms with Crippen LogP contribution in [0.2, 0.25) is 0 Å². The maximum atomic E-state index is 12.7. The lowest BCUT2D eigenvalue weighted by molar-refractivity contribution is -0.117. The highest BCUT2D eigenvalue weighted by molar-refractivity contribution is 7.15. The zero-order valence-corrected chi connectivity index (χ0v) is 18.3. The van der Waals surface area contributed by atoms with Crippen molar-refractivity contribution >= 4 is 34.0 Å². The monoisotopic (exact) mass is 436 g/mol. The van der Waals surface area contributed by atoms with E-state index in [0.29, 0.717) is 36.0 Å². The van der Waals surface area contributed by atoms with Crippen LogP contribution in [-0.2, 0) is 11.2 Å². The number of carbonyl (C=O) groups is 2. The Kier molecular flexibility index (Phi) is 6.27. The molecule has 3 aromatic rings. The molecule has 0 aliphatic carbocycles. The summed E-state index contributed by atoms with van der Waals surface area (Å²) in [6.45, 7) is 4.99. The van der Waals surface area contributed by atoms with Crippen molar-refractivity contribution in [2.75, 3.05) is 23.4 Å². The lowest BCUT2D eigenvalue weighted by atomic mass is 10.1. The number of benzene rings is 2. The number of anilines is 2. The average Bonchev–Trinajstić information content (AvgIpc) is 3.40. The Balaban J connectivity index is 1.47. The number of amides is 2. The van der Waals surface area contributed by atoms with Crippen LogP contribution in [0.4, 0.5) is 10.8 Å². The van der Waals surface area contributed by atoms with Crippen LogP contribution in [0, 0.1) is 0 Å². The van der Waals surface area contributed by atoms with Crippen LogP contribution >= 0.6 is 11.3 Å². The van der Waals surface area contributed by atoms with Gasteiger partial charge in [0.15, 0.2) is 0 Å². The molecule has 0 bridgehead atoms. The largest absolute Gasteiger partial charge is 0.493 e. The summed E-state index contributed by atoms with van der Waals surface area (Å²) in [4.78, 5) is 27.2. The number of aromatic nitrogens is 2. The van der Waals surface area contributed by atoms with Gasteiger partial charge in [-0.3, -0.25) is 14.9 Å². The molecular formula is C23H24N4O3S. The van der Waals surface area contributed by atoms with Crippen LogP contribution in [0.1, 0.15) is 47.1 Å². The van der Waals surface area contributed by atoms with Gasteiger partial charge in [-0.25, -0.2) is 0 Å². The van der Waals surface area contributed by atoms with Crippen molar-refractivity contribution in [3.63, 3.8) is 0 Å². The predicted molar refractivity (Wildman–Crippen MR) is 121 cm³/mol. The van der Waals surface area contributed by atoms with Crippen LogP contribution in [0.5, 0.6) is 5.75 Å². The number of nitrogens with zero attached hydrogens (tertiary/aromatic N) is 3. The molecule has 160 valence electrons. The van der Waals surface area contributed by atoms with Gasteiger partial charge in [-0.1, -0.05) is 48.6 Å². The molecule has 0 spiro atoms. The normalized spacial score (nSPS) is 15.9. The summed E-state index contributed by atoms with van der Waals surface area (Å²) in [5.74, 6) is 0.264. The van der Waals surface area contributed by atoms with Gasteiger partial charge in [0.25, 0.3) is 5.91 Å². The molecule has 1 aliphatic heterocycles. The fourth-order valence-corrected chi connectivity index (χ4v) is 4.56. The lowest BCUT2D eigenvalue weighted by Crippen LogP contribution is -2.25. The Labute approximate surface area is 185 Å². The molecule has 1 unspecified atom stereocenters. The van der Waals surface area contributed by atoms with Crippen molar-refractivity contribution in [1.82, 2.24) is 10.2 Å². The van der Waals surface area contributed by atoms with Gasteiger partial charge in [-0.15, -0.1) is 10.2 Å². The van der Waals surface area contributed by atoms with Gasteiger partial charge in [-0.2, -0.15) is 0 Å². The molecule has 1 saturated heterocycles. The lowest BCUT2D eigenvalue weighted by Gasteiger charge is -2.19. The molecule has 4 rings (SSSR count). The zero-order valence-electron chi connectivity index (χ0n) is 17.5. The third kappa shape index (κ3) is 4.44. The van der Waals surface area contributed by atoms with E-state index in [2.05, 4.69) is 28.5 Å². The number of hydrogen-bond acceptors (Lipinski definition) is 6. The van der Waals surface area contributed by atoms with E-state index in [-0.39, 0.29) is 17.7 Å². The summed E-state index contributed by atoms with van der Waals surface area (Å²) < 4.78 is 5.53. The highest BCUT2D eigenvalue weighted by Gasteiger charge is 2.34. The number of rotatable bonds is 7. The molecule has 1 atom stereocenters. The number of aryl methyl sites for hydroxylation is 1. The average molecular weight is 437 g/mol. The Hall–Kier alpha value is -3.26. The van der Waals surface area contributed by atoms with Crippen LogP contribution < -0.4 is 15.0 Å². The molecule has 2 amide bonds. The van der Waals surface area contributed by atoms with Crippen LogP contribution in [0.15, 0.2) is 48.5 Å². The van der Waals surface area contributed by atoms with E-state index in [1.807, 2.05) is 36.1 Å². The van der Waals surface area contributed by atoms with Crippen molar-refractivity contribution in [3.8, 4) is 5.75 Å².